The van der Waals surface area contributed by atoms with E-state index in [4.69, 9.17) is 14.6 Å². The van der Waals surface area contributed by atoms with Crippen LogP contribution in [0.25, 0.3) is 0 Å². The summed E-state index contributed by atoms with van der Waals surface area (Å²) in [5, 5.41) is 2.17. The molecule has 0 radical (unpaired) electrons. The van der Waals surface area contributed by atoms with Crippen LogP contribution in [-0.4, -0.2) is 36.8 Å². The zero-order valence-corrected chi connectivity index (χ0v) is 17.9. The molecule has 15 heteroatoms. The van der Waals surface area contributed by atoms with Crippen LogP contribution in [0.2, 0.25) is 0 Å². The molecule has 0 saturated heterocycles. The van der Waals surface area contributed by atoms with Gasteiger partial charge in [-0.1, -0.05) is 0 Å². The smallest absolute Gasteiger partial charge is 0.493 e. The fraction of sp³-hybridized carbons (Fsp3) is 0.136. The average Bonchev–Trinajstić information content (AvgIpc) is 2.80. The topological polar surface area (TPSA) is 122 Å². The van der Waals surface area contributed by atoms with E-state index < -0.39 is 72.0 Å². The summed E-state index contributed by atoms with van der Waals surface area (Å²) in [6.07, 6.45) is -4.08. The summed E-state index contributed by atoms with van der Waals surface area (Å²) in [6.45, 7) is -3.50. The van der Waals surface area contributed by atoms with Gasteiger partial charge in [-0.3, -0.25) is 14.6 Å². The molecule has 0 aliphatic carbocycles. The summed E-state index contributed by atoms with van der Waals surface area (Å²) in [7, 11) is -3.21. The van der Waals surface area contributed by atoms with Gasteiger partial charge in [0.1, 0.15) is 22.8 Å². The molecule has 3 N–H and O–H groups in total. The number of pyridine rings is 1. The zero-order chi connectivity index (χ0) is 29.8. The van der Waals surface area contributed by atoms with Crippen LogP contribution in [0, 0.1) is 5.82 Å². The van der Waals surface area contributed by atoms with Gasteiger partial charge in [0.05, 0.1) is 11.2 Å². The minimum absolute atomic E-state index is 0.139. The largest absolute Gasteiger partial charge is 0.573 e. The number of aromatic nitrogens is 1. The van der Waals surface area contributed by atoms with Crippen LogP contribution in [0.1, 0.15) is 25.0 Å². The number of nitrogens with zero attached hydrogens (tertiary/aromatic N) is 1. The molecule has 0 spiro atoms. The summed E-state index contributed by atoms with van der Waals surface area (Å²) in [6, 6.07) is 5.58. The maximum absolute atomic E-state index is 15.2. The molecule has 3 rings (SSSR count). The molecule has 1 aromatic heterocycles. The van der Waals surface area contributed by atoms with Gasteiger partial charge in [0.15, 0.2) is 23.1 Å². The van der Waals surface area contributed by atoms with Crippen molar-refractivity contribution in [1.29, 1.82) is 0 Å². The fourth-order valence-electron chi connectivity index (χ4n) is 2.83. The van der Waals surface area contributed by atoms with Gasteiger partial charge >= 0.3 is 13.0 Å². The molecule has 2 amide bonds. The van der Waals surface area contributed by atoms with Crippen molar-refractivity contribution in [3.05, 3.63) is 65.7 Å². The van der Waals surface area contributed by atoms with Crippen molar-refractivity contribution in [2.24, 2.45) is 5.73 Å². The van der Waals surface area contributed by atoms with Crippen molar-refractivity contribution in [3.8, 4) is 28.7 Å². The SMILES string of the molecule is [2H]C([2H])([2H])Oc1cc(OC(F)(F)F)ccc1Oc1ccc(OC(F)F)c(F)c1C(=O)Nc1ccnc(C(N)=O)c1. The Morgan fingerprint density at radius 1 is 1.05 bits per heavy atom. The molecule has 0 unspecified atom stereocenters. The van der Waals surface area contributed by atoms with Gasteiger partial charge < -0.3 is 30.0 Å². The first-order valence-electron chi connectivity index (χ1n) is 11.1. The molecule has 0 saturated carbocycles. The molecule has 0 fully saturated rings. The number of halogens is 6. The predicted octanol–water partition coefficient (Wildman–Crippen LogP) is 4.87. The monoisotopic (exact) mass is 534 g/mol. The number of hydrogen-bond acceptors (Lipinski definition) is 7. The highest BCUT2D eigenvalue weighted by Crippen LogP contribution is 2.39. The Hall–Kier alpha value is -4.69. The number of primary amides is 1. The van der Waals surface area contributed by atoms with Gasteiger partial charge in [0, 0.05) is 18.0 Å². The summed E-state index contributed by atoms with van der Waals surface area (Å²) in [5.41, 5.74) is 3.62. The minimum Gasteiger partial charge on any atom is -0.493 e. The van der Waals surface area contributed by atoms with Gasteiger partial charge in [-0.25, -0.2) is 4.39 Å². The summed E-state index contributed by atoms with van der Waals surface area (Å²) >= 11 is 0. The molecule has 1 heterocycles. The van der Waals surface area contributed by atoms with Gasteiger partial charge in [0.25, 0.3) is 11.8 Å². The lowest BCUT2D eigenvalue weighted by molar-refractivity contribution is -0.274. The highest BCUT2D eigenvalue weighted by atomic mass is 19.4. The van der Waals surface area contributed by atoms with Crippen molar-refractivity contribution >= 4 is 17.5 Å². The first-order valence-corrected chi connectivity index (χ1v) is 9.63. The lowest BCUT2D eigenvalue weighted by Gasteiger charge is -2.17. The van der Waals surface area contributed by atoms with Gasteiger partial charge in [-0.2, -0.15) is 8.78 Å². The molecule has 196 valence electrons. The van der Waals surface area contributed by atoms with Crippen molar-refractivity contribution in [2.45, 2.75) is 13.0 Å². The maximum atomic E-state index is 15.2. The molecule has 0 aliphatic heterocycles. The van der Waals surface area contributed by atoms with Gasteiger partial charge in [-0.05, 0) is 36.4 Å². The molecule has 2 aromatic carbocycles. The van der Waals surface area contributed by atoms with Crippen molar-refractivity contribution in [2.75, 3.05) is 12.4 Å². The van der Waals surface area contributed by atoms with Crippen LogP contribution in [-0.2, 0) is 0 Å². The molecular weight excluding hydrogens is 516 g/mol. The highest BCUT2D eigenvalue weighted by molar-refractivity contribution is 6.07. The van der Waals surface area contributed by atoms with Crippen LogP contribution in [0.15, 0.2) is 48.7 Å². The van der Waals surface area contributed by atoms with E-state index in [0.717, 1.165) is 24.4 Å². The quantitative estimate of drug-likeness (QED) is 0.376. The highest BCUT2D eigenvalue weighted by Gasteiger charge is 2.32. The van der Waals surface area contributed by atoms with Crippen molar-refractivity contribution in [1.82, 2.24) is 4.98 Å². The maximum Gasteiger partial charge on any atom is 0.573 e. The molecule has 9 nitrogen and oxygen atoms in total. The third-order valence-electron chi connectivity index (χ3n) is 4.26. The van der Waals surface area contributed by atoms with E-state index in [2.05, 4.69) is 24.5 Å². The van der Waals surface area contributed by atoms with E-state index in [0.29, 0.717) is 18.2 Å². The number of nitrogens with two attached hydrogens (primary N) is 1. The lowest BCUT2D eigenvalue weighted by atomic mass is 10.1. The van der Waals surface area contributed by atoms with E-state index in [-0.39, 0.29) is 11.4 Å². The van der Waals surface area contributed by atoms with Crippen LogP contribution in [0.3, 0.4) is 0 Å². The number of ether oxygens (including phenoxy) is 4. The second kappa shape index (κ2) is 10.9. The Labute approximate surface area is 207 Å². The standard InChI is InChI=1S/C22H15F6N3O6/c1-34-16-9-11(37-22(26,27)28)2-3-13(16)35-14-4-5-15(36-21(24)25)18(23)17(14)20(33)31-10-6-7-30-12(8-10)19(29)32/h2-9,21H,1H3,(H2,29,32)(H,30,31,33)/i1D3. The van der Waals surface area contributed by atoms with Crippen molar-refractivity contribution < 1.29 is 59.0 Å². The number of anilines is 1. The van der Waals surface area contributed by atoms with E-state index in [1.54, 1.807) is 0 Å². The summed E-state index contributed by atoms with van der Waals surface area (Å²) in [4.78, 5) is 28.0. The molecule has 37 heavy (non-hydrogen) atoms. The minimum atomic E-state index is -5.16. The molecule has 3 aromatic rings. The summed E-state index contributed by atoms with van der Waals surface area (Å²) in [5.74, 6) is -8.19. The van der Waals surface area contributed by atoms with Crippen LogP contribution < -0.4 is 30.0 Å². The Kier molecular flexibility index (Phi) is 6.72. The normalized spacial score (nSPS) is 12.7. The Bertz CT molecular complexity index is 1420. The van der Waals surface area contributed by atoms with E-state index in [1.807, 2.05) is 0 Å². The predicted molar refractivity (Wildman–Crippen MR) is 113 cm³/mol. The Morgan fingerprint density at radius 3 is 2.41 bits per heavy atom. The number of alkyl halides is 5. The number of benzene rings is 2. The van der Waals surface area contributed by atoms with Crippen molar-refractivity contribution in [3.63, 3.8) is 0 Å². The van der Waals surface area contributed by atoms with E-state index >= 15 is 4.39 Å². The lowest BCUT2D eigenvalue weighted by Crippen LogP contribution is -2.18. The molecule has 0 bridgehead atoms. The zero-order valence-electron chi connectivity index (χ0n) is 20.9. The number of nitrogens with one attached hydrogen (secondary N) is 1. The van der Waals surface area contributed by atoms with E-state index in [9.17, 15) is 31.5 Å². The van der Waals surface area contributed by atoms with Crippen LogP contribution >= 0.6 is 0 Å². The fourth-order valence-corrected chi connectivity index (χ4v) is 2.83. The van der Waals surface area contributed by atoms with Crippen LogP contribution in [0.5, 0.6) is 28.7 Å². The Balaban J connectivity index is 2.08. The first kappa shape index (κ1) is 22.8. The van der Waals surface area contributed by atoms with E-state index in [1.165, 1.54) is 6.07 Å². The third kappa shape index (κ3) is 6.93. The number of rotatable bonds is 9. The second-order valence-corrected chi connectivity index (χ2v) is 6.74. The number of hydrogen-bond donors (Lipinski definition) is 2. The first-order chi connectivity index (χ1) is 18.5. The Morgan fingerprint density at radius 2 is 1.76 bits per heavy atom. The molecular formula is C22H15F6N3O6. The molecule has 0 aliphatic rings. The summed E-state index contributed by atoms with van der Waals surface area (Å²) < 4.78 is 118. The number of carbonyl (C=O) groups is 2. The van der Waals surface area contributed by atoms with Crippen LogP contribution in [0.4, 0.5) is 32.0 Å². The van der Waals surface area contributed by atoms with Gasteiger partial charge in [0.2, 0.25) is 0 Å². The number of carbonyl (C=O) groups excluding carboxylic acids is 2. The number of amides is 2. The second-order valence-electron chi connectivity index (χ2n) is 6.74. The molecule has 0 atom stereocenters. The number of methoxy groups -OCH3 is 1. The van der Waals surface area contributed by atoms with Gasteiger partial charge in [-0.15, -0.1) is 13.2 Å². The average molecular weight is 534 g/mol. The third-order valence-corrected chi connectivity index (χ3v) is 4.26.